The average molecular weight is 192 g/mol. The lowest BCUT2D eigenvalue weighted by Gasteiger charge is -2.23. The van der Waals surface area contributed by atoms with Crippen molar-refractivity contribution in [2.24, 2.45) is 0 Å². The van der Waals surface area contributed by atoms with E-state index < -0.39 is 36.8 Å². The van der Waals surface area contributed by atoms with E-state index in [1.54, 1.807) is 0 Å². The Hall–Kier alpha value is -0.690. The first-order valence-electron chi connectivity index (χ1n) is 3.84. The Kier molecular flexibility index (Phi) is 2.87. The number of hydrogen-bond acceptors (Lipinski definition) is 5. The number of carbonyl (C=O) groups is 1. The smallest absolute Gasteiger partial charge is 0.306 e. The number of rotatable bonds is 3. The van der Waals surface area contributed by atoms with E-state index in [2.05, 4.69) is 0 Å². The maximum absolute atomic E-state index is 10.3. The molecule has 0 radical (unpaired) electrons. The van der Waals surface area contributed by atoms with E-state index in [0.29, 0.717) is 0 Å². The third-order valence-corrected chi connectivity index (χ3v) is 2.09. The summed E-state index contributed by atoms with van der Waals surface area (Å²) < 4.78 is 4.82. The predicted molar refractivity (Wildman–Crippen MR) is 40.0 cm³/mol. The van der Waals surface area contributed by atoms with Crippen molar-refractivity contribution < 1.29 is 30.0 Å². The summed E-state index contributed by atoms with van der Waals surface area (Å²) in [5.41, 5.74) is -1.78. The zero-order valence-electron chi connectivity index (χ0n) is 6.88. The van der Waals surface area contributed by atoms with Crippen LogP contribution in [-0.4, -0.2) is 57.4 Å². The summed E-state index contributed by atoms with van der Waals surface area (Å²) in [5.74, 6) is -1.22. The van der Waals surface area contributed by atoms with Gasteiger partial charge in [0, 0.05) is 0 Å². The topological polar surface area (TPSA) is 107 Å². The van der Waals surface area contributed by atoms with Crippen LogP contribution in [0, 0.1) is 0 Å². The third-order valence-electron chi connectivity index (χ3n) is 2.09. The molecule has 1 heterocycles. The minimum atomic E-state index is -1.78. The molecule has 1 aliphatic heterocycles. The maximum atomic E-state index is 10.3. The summed E-state index contributed by atoms with van der Waals surface area (Å²) in [6.45, 7) is -0.714. The highest BCUT2D eigenvalue weighted by atomic mass is 16.5. The summed E-state index contributed by atoms with van der Waals surface area (Å²) >= 11 is 0. The first-order valence-corrected chi connectivity index (χ1v) is 3.84. The second-order valence-electron chi connectivity index (χ2n) is 3.15. The average Bonchev–Trinajstić information content (AvgIpc) is 2.28. The Balaban J connectivity index is 2.65. The van der Waals surface area contributed by atoms with E-state index in [1.165, 1.54) is 0 Å². The van der Waals surface area contributed by atoms with Gasteiger partial charge in [-0.25, -0.2) is 0 Å². The van der Waals surface area contributed by atoms with Gasteiger partial charge in [-0.05, 0) is 0 Å². The highest BCUT2D eigenvalue weighted by molar-refractivity contribution is 5.68. The third kappa shape index (κ3) is 1.97. The number of aliphatic hydroxyl groups is 3. The highest BCUT2D eigenvalue weighted by Gasteiger charge is 2.48. The number of hydrogen-bond donors (Lipinski definition) is 4. The summed E-state index contributed by atoms with van der Waals surface area (Å²) in [6.07, 6.45) is -2.84. The molecule has 1 saturated heterocycles. The molecule has 76 valence electrons. The van der Waals surface area contributed by atoms with Crippen LogP contribution in [0.4, 0.5) is 0 Å². The van der Waals surface area contributed by atoms with Gasteiger partial charge in [-0.2, -0.15) is 0 Å². The zero-order valence-corrected chi connectivity index (χ0v) is 6.88. The van der Waals surface area contributed by atoms with E-state index in [0.717, 1.165) is 0 Å². The summed E-state index contributed by atoms with van der Waals surface area (Å²) in [6, 6.07) is 0. The summed E-state index contributed by atoms with van der Waals surface area (Å²) in [4.78, 5) is 10.3. The molecule has 0 unspecified atom stereocenters. The fourth-order valence-electron chi connectivity index (χ4n) is 1.34. The van der Waals surface area contributed by atoms with Crippen LogP contribution in [0.25, 0.3) is 0 Å². The standard InChI is InChI=1S/C7H12O6/c8-2-4-6(11)7(12,3-13-4)1-5(9)10/h4,6,8,11-12H,1-3H2,(H,9,10)/t4-,6+,7+/m1/s1. The van der Waals surface area contributed by atoms with E-state index in [9.17, 15) is 15.0 Å². The molecule has 0 aromatic rings. The lowest BCUT2D eigenvalue weighted by Crippen LogP contribution is -2.46. The van der Waals surface area contributed by atoms with Crippen LogP contribution in [0.5, 0.6) is 0 Å². The van der Waals surface area contributed by atoms with Gasteiger partial charge in [-0.3, -0.25) is 4.79 Å². The molecule has 6 nitrogen and oxygen atoms in total. The molecule has 0 aromatic heterocycles. The van der Waals surface area contributed by atoms with Gasteiger partial charge in [-0.1, -0.05) is 0 Å². The first-order chi connectivity index (χ1) is 5.99. The predicted octanol–water partition coefficient (Wildman–Crippen LogP) is -2.06. The van der Waals surface area contributed by atoms with Crippen LogP contribution in [0.15, 0.2) is 0 Å². The molecule has 1 aliphatic rings. The van der Waals surface area contributed by atoms with Crippen molar-refractivity contribution in [1.29, 1.82) is 0 Å². The molecule has 0 bridgehead atoms. The number of aliphatic hydroxyl groups excluding tert-OH is 2. The zero-order chi connectivity index (χ0) is 10.1. The molecule has 1 rings (SSSR count). The minimum absolute atomic E-state index is 0.272. The van der Waals surface area contributed by atoms with Crippen LogP contribution in [0.3, 0.4) is 0 Å². The number of aliphatic carboxylic acids is 1. The number of ether oxygens (including phenoxy) is 1. The molecule has 0 spiro atoms. The number of carboxylic acids is 1. The van der Waals surface area contributed by atoms with Gasteiger partial charge < -0.3 is 25.2 Å². The normalized spacial score (nSPS) is 39.3. The Bertz CT molecular complexity index is 205. The fourth-order valence-corrected chi connectivity index (χ4v) is 1.34. The molecular weight excluding hydrogens is 180 g/mol. The van der Waals surface area contributed by atoms with Crippen molar-refractivity contribution in [2.75, 3.05) is 13.2 Å². The first kappa shape index (κ1) is 10.4. The molecule has 6 heteroatoms. The largest absolute Gasteiger partial charge is 0.481 e. The van der Waals surface area contributed by atoms with Gasteiger partial charge in [0.1, 0.15) is 17.8 Å². The summed E-state index contributed by atoms with van der Waals surface area (Å²) in [7, 11) is 0. The van der Waals surface area contributed by atoms with Crippen molar-refractivity contribution in [3.63, 3.8) is 0 Å². The van der Waals surface area contributed by atoms with Gasteiger partial charge in [0.2, 0.25) is 0 Å². The Morgan fingerprint density at radius 1 is 1.62 bits per heavy atom. The van der Waals surface area contributed by atoms with Crippen LogP contribution < -0.4 is 0 Å². The van der Waals surface area contributed by atoms with Crippen molar-refractivity contribution >= 4 is 5.97 Å². The summed E-state index contributed by atoms with van der Waals surface area (Å²) in [5, 5.41) is 36.0. The van der Waals surface area contributed by atoms with E-state index in [-0.39, 0.29) is 6.61 Å². The van der Waals surface area contributed by atoms with Gasteiger partial charge in [-0.15, -0.1) is 0 Å². The lowest BCUT2D eigenvalue weighted by molar-refractivity contribution is -0.146. The molecule has 1 fully saturated rings. The van der Waals surface area contributed by atoms with Gasteiger partial charge >= 0.3 is 5.97 Å². The molecular formula is C7H12O6. The second kappa shape index (κ2) is 3.59. The Labute approximate surface area is 74.4 Å². The maximum Gasteiger partial charge on any atom is 0.306 e. The second-order valence-corrected chi connectivity index (χ2v) is 3.15. The highest BCUT2D eigenvalue weighted by Crippen LogP contribution is 2.27. The lowest BCUT2D eigenvalue weighted by atomic mass is 9.93. The SMILES string of the molecule is O=C(O)C[C@]1(O)CO[C@H](CO)[C@@H]1O. The van der Waals surface area contributed by atoms with Crippen molar-refractivity contribution in [3.05, 3.63) is 0 Å². The number of carboxylic acid groups (broad SMARTS) is 1. The van der Waals surface area contributed by atoms with Gasteiger partial charge in [0.15, 0.2) is 0 Å². The van der Waals surface area contributed by atoms with Gasteiger partial charge in [0.25, 0.3) is 0 Å². The molecule has 0 saturated carbocycles. The van der Waals surface area contributed by atoms with Crippen LogP contribution in [0.2, 0.25) is 0 Å². The van der Waals surface area contributed by atoms with E-state index >= 15 is 0 Å². The van der Waals surface area contributed by atoms with Crippen molar-refractivity contribution in [1.82, 2.24) is 0 Å². The van der Waals surface area contributed by atoms with Crippen LogP contribution in [0.1, 0.15) is 6.42 Å². The van der Waals surface area contributed by atoms with Crippen molar-refractivity contribution in [2.45, 2.75) is 24.2 Å². The van der Waals surface area contributed by atoms with Crippen LogP contribution in [-0.2, 0) is 9.53 Å². The molecule has 4 N–H and O–H groups in total. The van der Waals surface area contributed by atoms with Crippen LogP contribution >= 0.6 is 0 Å². The van der Waals surface area contributed by atoms with E-state index in [1.807, 2.05) is 0 Å². The van der Waals surface area contributed by atoms with Gasteiger partial charge in [0.05, 0.1) is 19.6 Å². The van der Waals surface area contributed by atoms with Crippen molar-refractivity contribution in [3.8, 4) is 0 Å². The molecule has 13 heavy (non-hydrogen) atoms. The van der Waals surface area contributed by atoms with E-state index in [4.69, 9.17) is 14.9 Å². The minimum Gasteiger partial charge on any atom is -0.481 e. The fraction of sp³-hybridized carbons (Fsp3) is 0.857. The molecule has 0 aromatic carbocycles. The molecule has 0 aliphatic carbocycles. The quantitative estimate of drug-likeness (QED) is 0.410. The monoisotopic (exact) mass is 192 g/mol. The molecule has 0 amide bonds. The Morgan fingerprint density at radius 3 is 2.62 bits per heavy atom. The Morgan fingerprint density at radius 2 is 2.23 bits per heavy atom. The molecule has 3 atom stereocenters.